The highest BCUT2D eigenvalue weighted by Crippen LogP contribution is 2.16. The van der Waals surface area contributed by atoms with Crippen LogP contribution < -0.4 is 26.5 Å². The van der Waals surface area contributed by atoms with Crippen molar-refractivity contribution in [2.75, 3.05) is 13.2 Å². The van der Waals surface area contributed by atoms with Crippen molar-refractivity contribution in [1.82, 2.24) is 0 Å². The van der Waals surface area contributed by atoms with Crippen LogP contribution in [-0.4, -0.2) is 29.0 Å². The highest BCUT2D eigenvalue weighted by molar-refractivity contribution is 5.77. The zero-order valence-electron chi connectivity index (χ0n) is 17.8. The van der Waals surface area contributed by atoms with Crippen molar-refractivity contribution >= 4 is 23.6 Å². The molecule has 1 aromatic heterocycles. The monoisotopic (exact) mass is 439 g/mol. The first-order valence-electron chi connectivity index (χ1n) is 10.1. The van der Waals surface area contributed by atoms with Crippen molar-refractivity contribution in [1.29, 1.82) is 0 Å². The van der Waals surface area contributed by atoms with E-state index in [2.05, 4.69) is 6.58 Å². The van der Waals surface area contributed by atoms with Crippen LogP contribution in [0.3, 0.4) is 0 Å². The minimum Gasteiger partial charge on any atom is -0.462 e. The van der Waals surface area contributed by atoms with E-state index >= 15 is 0 Å². The van der Waals surface area contributed by atoms with Crippen molar-refractivity contribution in [2.45, 2.75) is 25.3 Å². The van der Waals surface area contributed by atoms with Crippen molar-refractivity contribution in [2.24, 2.45) is 5.73 Å². The molecular formula is C25H26FNO5. The first kappa shape index (κ1) is 23.4. The second-order valence-corrected chi connectivity index (χ2v) is 7.79. The maximum atomic E-state index is 13.3. The van der Waals surface area contributed by atoms with E-state index in [1.807, 2.05) is 0 Å². The summed E-state index contributed by atoms with van der Waals surface area (Å²) in [7, 11) is 0. The molecule has 168 valence electrons. The number of halogens is 1. The van der Waals surface area contributed by atoms with E-state index in [1.54, 1.807) is 49.4 Å². The number of hydrogen-bond donors (Lipinski definition) is 3. The van der Waals surface area contributed by atoms with Gasteiger partial charge in [-0.2, -0.15) is 0 Å². The van der Waals surface area contributed by atoms with Crippen LogP contribution in [0.5, 0.6) is 5.75 Å². The first-order valence-corrected chi connectivity index (χ1v) is 10.1. The van der Waals surface area contributed by atoms with E-state index in [1.165, 1.54) is 12.1 Å². The molecule has 0 fully saturated rings. The Morgan fingerprint density at radius 1 is 1.25 bits per heavy atom. The molecule has 4 N–H and O–H groups in total. The van der Waals surface area contributed by atoms with Gasteiger partial charge in [0.15, 0.2) is 5.43 Å². The average molecular weight is 439 g/mol. The van der Waals surface area contributed by atoms with Gasteiger partial charge in [-0.15, -0.1) is 0 Å². The molecule has 0 radical (unpaired) electrons. The van der Waals surface area contributed by atoms with Crippen LogP contribution in [0.25, 0.3) is 23.6 Å². The van der Waals surface area contributed by atoms with Gasteiger partial charge in [-0.05, 0) is 61.7 Å². The fraction of sp³-hybridized carbons (Fsp3) is 0.240. The van der Waals surface area contributed by atoms with Gasteiger partial charge in [0.05, 0.1) is 29.4 Å². The molecule has 0 aliphatic rings. The molecule has 0 bridgehead atoms. The standard InChI is InChI=1S/C25H26FNO5/c1-16(31-20-5-3-4-19(26)13-20)6-8-22-17(2)24(30)21-12-18(7-9-23(21)32-22)10-11-25(27,14-28)15-29/h3-9,12-13,28-29H,2,10-11,14-15,27H2,1H3/b16-6+,22-8+. The summed E-state index contributed by atoms with van der Waals surface area (Å²) in [5, 5.41) is 19.3. The van der Waals surface area contributed by atoms with Gasteiger partial charge in [0.2, 0.25) is 0 Å². The predicted molar refractivity (Wildman–Crippen MR) is 122 cm³/mol. The minimum absolute atomic E-state index is 0.198. The number of benzene rings is 2. The maximum Gasteiger partial charge on any atom is 0.199 e. The molecule has 2 aromatic carbocycles. The Labute approximate surface area is 184 Å². The third-order valence-electron chi connectivity index (χ3n) is 5.17. The second kappa shape index (κ2) is 9.91. The summed E-state index contributed by atoms with van der Waals surface area (Å²) in [6.45, 7) is 4.87. The molecule has 1 heterocycles. The lowest BCUT2D eigenvalue weighted by Crippen LogP contribution is -2.47. The summed E-state index contributed by atoms with van der Waals surface area (Å²) < 4.78 is 24.7. The number of nitrogens with two attached hydrogens (primary N) is 1. The SMILES string of the molecule is C=c1c(=O)c2cc(CCC(N)(CO)CO)ccc2o/c1=C/C=C(\C)Oc1cccc(F)c1. The van der Waals surface area contributed by atoms with Crippen LogP contribution in [0.15, 0.2) is 63.5 Å². The molecule has 32 heavy (non-hydrogen) atoms. The van der Waals surface area contributed by atoms with E-state index in [0.29, 0.717) is 40.7 Å². The molecule has 3 aromatic rings. The predicted octanol–water partition coefficient (Wildman–Crippen LogP) is 1.72. The Balaban J connectivity index is 1.89. The quantitative estimate of drug-likeness (QED) is 0.462. The number of allylic oxidation sites excluding steroid dienone is 2. The normalized spacial score (nSPS) is 13.0. The van der Waals surface area contributed by atoms with Crippen LogP contribution >= 0.6 is 0 Å². The maximum absolute atomic E-state index is 13.3. The molecular weight excluding hydrogens is 413 g/mol. The van der Waals surface area contributed by atoms with Gasteiger partial charge in [-0.1, -0.05) is 18.7 Å². The molecule has 0 unspecified atom stereocenters. The number of fused-ring (bicyclic) bond motifs is 1. The zero-order valence-corrected chi connectivity index (χ0v) is 17.8. The third kappa shape index (κ3) is 5.50. The summed E-state index contributed by atoms with van der Waals surface area (Å²) in [4.78, 5) is 12.8. The Hall–Kier alpha value is -3.26. The summed E-state index contributed by atoms with van der Waals surface area (Å²) >= 11 is 0. The molecule has 0 aliphatic heterocycles. The summed E-state index contributed by atoms with van der Waals surface area (Å²) in [6, 6.07) is 11.0. The third-order valence-corrected chi connectivity index (χ3v) is 5.17. The van der Waals surface area contributed by atoms with Gasteiger partial charge in [-0.3, -0.25) is 4.79 Å². The van der Waals surface area contributed by atoms with Gasteiger partial charge in [-0.25, -0.2) is 4.39 Å². The smallest absolute Gasteiger partial charge is 0.199 e. The first-order chi connectivity index (χ1) is 15.2. The van der Waals surface area contributed by atoms with Gasteiger partial charge in [0.1, 0.15) is 28.3 Å². The van der Waals surface area contributed by atoms with E-state index < -0.39 is 11.4 Å². The van der Waals surface area contributed by atoms with E-state index in [-0.39, 0.29) is 23.9 Å². The molecule has 7 heteroatoms. The number of aliphatic hydroxyl groups is 2. The average Bonchev–Trinajstić information content (AvgIpc) is 2.79. The van der Waals surface area contributed by atoms with Crippen molar-refractivity contribution in [3.63, 3.8) is 0 Å². The molecule has 6 nitrogen and oxygen atoms in total. The second-order valence-electron chi connectivity index (χ2n) is 7.79. The van der Waals surface area contributed by atoms with E-state index in [9.17, 15) is 19.4 Å². The number of rotatable bonds is 8. The Morgan fingerprint density at radius 3 is 2.69 bits per heavy atom. The summed E-state index contributed by atoms with van der Waals surface area (Å²) in [5.41, 5.74) is 6.10. The number of ether oxygens (including phenoxy) is 1. The molecule has 0 saturated carbocycles. The topological polar surface area (TPSA) is 106 Å². The van der Waals surface area contributed by atoms with E-state index in [4.69, 9.17) is 14.9 Å². The zero-order chi connectivity index (χ0) is 23.3. The summed E-state index contributed by atoms with van der Waals surface area (Å²) in [6.07, 6.45) is 4.03. The van der Waals surface area contributed by atoms with E-state index in [0.717, 1.165) is 5.56 Å². The van der Waals surface area contributed by atoms with Crippen molar-refractivity contribution < 1.29 is 23.8 Å². The summed E-state index contributed by atoms with van der Waals surface area (Å²) in [5.74, 6) is 0.439. The molecule has 3 rings (SSSR count). The van der Waals surface area contributed by atoms with Crippen LogP contribution in [-0.2, 0) is 6.42 Å². The van der Waals surface area contributed by atoms with Gasteiger partial charge < -0.3 is 25.1 Å². The molecule has 0 aliphatic carbocycles. The van der Waals surface area contributed by atoms with Gasteiger partial charge >= 0.3 is 0 Å². The Bertz CT molecular complexity index is 1310. The van der Waals surface area contributed by atoms with Crippen molar-refractivity contribution in [3.8, 4) is 5.75 Å². The van der Waals surface area contributed by atoms with Crippen LogP contribution in [0.2, 0.25) is 0 Å². The van der Waals surface area contributed by atoms with Gasteiger partial charge in [0, 0.05) is 6.07 Å². The van der Waals surface area contributed by atoms with Crippen LogP contribution in [0.4, 0.5) is 4.39 Å². The number of aliphatic hydroxyl groups excluding tert-OH is 2. The number of aryl methyl sites for hydroxylation is 1. The highest BCUT2D eigenvalue weighted by atomic mass is 19.1. The minimum atomic E-state index is -1.08. The van der Waals surface area contributed by atoms with Crippen LogP contribution in [0, 0.1) is 5.82 Å². The van der Waals surface area contributed by atoms with Crippen LogP contribution in [0.1, 0.15) is 18.9 Å². The lowest BCUT2D eigenvalue weighted by molar-refractivity contribution is 0.115. The van der Waals surface area contributed by atoms with Gasteiger partial charge in [0.25, 0.3) is 0 Å². The molecule has 0 atom stereocenters. The lowest BCUT2D eigenvalue weighted by Gasteiger charge is -2.24. The highest BCUT2D eigenvalue weighted by Gasteiger charge is 2.22. The molecule has 0 amide bonds. The number of hydrogen-bond acceptors (Lipinski definition) is 6. The van der Waals surface area contributed by atoms with Crippen molar-refractivity contribution in [3.05, 3.63) is 86.5 Å². The fourth-order valence-electron chi connectivity index (χ4n) is 3.13. The largest absolute Gasteiger partial charge is 0.462 e. The fourth-order valence-corrected chi connectivity index (χ4v) is 3.13. The Morgan fingerprint density at radius 2 is 2.00 bits per heavy atom. The molecule has 0 spiro atoms. The Kier molecular flexibility index (Phi) is 7.25. The lowest BCUT2D eigenvalue weighted by atomic mass is 9.93. The molecule has 0 saturated heterocycles.